The van der Waals surface area contributed by atoms with Crippen LogP contribution in [0, 0.1) is 0 Å². The number of piperazine rings is 1. The number of hydrogen-bond acceptors (Lipinski definition) is 4. The molecule has 2 amide bonds. The second kappa shape index (κ2) is 8.74. The summed E-state index contributed by atoms with van der Waals surface area (Å²) in [5.41, 5.74) is 6.26. The molecule has 23 heavy (non-hydrogen) atoms. The number of carbonyl (C=O) groups is 2. The van der Waals surface area contributed by atoms with Gasteiger partial charge in [-0.2, -0.15) is 0 Å². The Labute approximate surface area is 143 Å². The number of carbonyl (C=O) groups excluding carboxylic acids is 2. The molecule has 1 aromatic carbocycles. The van der Waals surface area contributed by atoms with E-state index >= 15 is 0 Å². The number of hydrogen-bond donors (Lipinski definition) is 1. The fourth-order valence-corrected chi connectivity index (χ4v) is 2.50. The van der Waals surface area contributed by atoms with Gasteiger partial charge in [-0.1, -0.05) is 6.07 Å². The fourth-order valence-electron chi connectivity index (χ4n) is 2.50. The van der Waals surface area contributed by atoms with Gasteiger partial charge in [0, 0.05) is 44.2 Å². The Bertz CT molecular complexity index is 543. The number of halogens is 1. The summed E-state index contributed by atoms with van der Waals surface area (Å²) in [4.78, 5) is 28.0. The fraction of sp³-hybridized carbons (Fsp3) is 0.500. The van der Waals surface area contributed by atoms with Crippen molar-refractivity contribution in [3.63, 3.8) is 0 Å². The minimum absolute atomic E-state index is 0. The Morgan fingerprint density at radius 3 is 2.39 bits per heavy atom. The molecular weight excluding hydrogens is 318 g/mol. The lowest BCUT2D eigenvalue weighted by Crippen LogP contribution is -2.51. The van der Waals surface area contributed by atoms with Gasteiger partial charge in [0.05, 0.1) is 7.11 Å². The monoisotopic (exact) mass is 341 g/mol. The maximum absolute atomic E-state index is 12.5. The second-order valence-corrected chi connectivity index (χ2v) is 5.59. The van der Waals surface area contributed by atoms with Crippen molar-refractivity contribution in [2.45, 2.75) is 19.4 Å². The molecule has 6 nitrogen and oxygen atoms in total. The summed E-state index contributed by atoms with van der Waals surface area (Å²) in [6, 6.07) is 6.98. The van der Waals surface area contributed by atoms with Gasteiger partial charge in [0.2, 0.25) is 5.91 Å². The van der Waals surface area contributed by atoms with Crippen LogP contribution < -0.4 is 10.5 Å². The smallest absolute Gasteiger partial charge is 0.254 e. The van der Waals surface area contributed by atoms with E-state index in [-0.39, 0.29) is 30.3 Å². The molecule has 2 rings (SSSR count). The largest absolute Gasteiger partial charge is 0.497 e. The number of amides is 2. The Kier molecular flexibility index (Phi) is 7.32. The summed E-state index contributed by atoms with van der Waals surface area (Å²) in [6.45, 7) is 4.02. The Morgan fingerprint density at radius 1 is 1.22 bits per heavy atom. The molecule has 0 aromatic heterocycles. The van der Waals surface area contributed by atoms with Gasteiger partial charge >= 0.3 is 0 Å². The highest BCUT2D eigenvalue weighted by atomic mass is 35.5. The highest BCUT2D eigenvalue weighted by Crippen LogP contribution is 2.15. The lowest BCUT2D eigenvalue weighted by molar-refractivity contribution is -0.132. The third kappa shape index (κ3) is 5.11. The Balaban J connectivity index is 0.00000264. The van der Waals surface area contributed by atoms with E-state index in [9.17, 15) is 9.59 Å². The maximum Gasteiger partial charge on any atom is 0.254 e. The highest BCUT2D eigenvalue weighted by molar-refractivity contribution is 5.94. The average molecular weight is 342 g/mol. The van der Waals surface area contributed by atoms with E-state index in [1.807, 2.05) is 6.92 Å². The maximum atomic E-state index is 12.5. The van der Waals surface area contributed by atoms with E-state index in [1.165, 1.54) is 0 Å². The van der Waals surface area contributed by atoms with Gasteiger partial charge in [-0.3, -0.25) is 9.59 Å². The van der Waals surface area contributed by atoms with Crippen LogP contribution in [0.25, 0.3) is 0 Å². The number of benzene rings is 1. The summed E-state index contributed by atoms with van der Waals surface area (Å²) in [6.07, 6.45) is 0.351. The van der Waals surface area contributed by atoms with Gasteiger partial charge in [-0.25, -0.2) is 0 Å². The van der Waals surface area contributed by atoms with E-state index in [0.717, 1.165) is 0 Å². The number of rotatable bonds is 4. The van der Waals surface area contributed by atoms with Crippen LogP contribution in [0.15, 0.2) is 24.3 Å². The minimum Gasteiger partial charge on any atom is -0.497 e. The summed E-state index contributed by atoms with van der Waals surface area (Å²) < 4.78 is 5.14. The zero-order valence-electron chi connectivity index (χ0n) is 13.5. The van der Waals surface area contributed by atoms with Gasteiger partial charge in [0.25, 0.3) is 5.91 Å². The highest BCUT2D eigenvalue weighted by Gasteiger charge is 2.25. The first-order valence-electron chi connectivity index (χ1n) is 7.48. The predicted octanol–water partition coefficient (Wildman–Crippen LogP) is 1.14. The lowest BCUT2D eigenvalue weighted by Gasteiger charge is -2.35. The summed E-state index contributed by atoms with van der Waals surface area (Å²) in [5, 5.41) is 0. The molecule has 0 spiro atoms. The number of nitrogens with two attached hydrogens (primary N) is 1. The topological polar surface area (TPSA) is 75.9 Å². The molecular formula is C16H24ClN3O3. The first-order valence-corrected chi connectivity index (χ1v) is 7.48. The van der Waals surface area contributed by atoms with Crippen LogP contribution in [-0.2, 0) is 4.79 Å². The van der Waals surface area contributed by atoms with E-state index in [4.69, 9.17) is 10.5 Å². The van der Waals surface area contributed by atoms with Gasteiger partial charge in [-0.05, 0) is 25.1 Å². The molecule has 0 radical (unpaired) electrons. The van der Waals surface area contributed by atoms with E-state index in [2.05, 4.69) is 0 Å². The zero-order valence-corrected chi connectivity index (χ0v) is 14.3. The van der Waals surface area contributed by atoms with Crippen molar-refractivity contribution < 1.29 is 14.3 Å². The van der Waals surface area contributed by atoms with Gasteiger partial charge in [0.15, 0.2) is 0 Å². The summed E-state index contributed by atoms with van der Waals surface area (Å²) in [7, 11) is 1.58. The molecule has 1 unspecified atom stereocenters. The number of methoxy groups -OCH3 is 1. The molecule has 1 heterocycles. The van der Waals surface area contributed by atoms with E-state index < -0.39 is 0 Å². The predicted molar refractivity (Wildman–Crippen MR) is 91.0 cm³/mol. The Morgan fingerprint density at radius 2 is 1.83 bits per heavy atom. The molecule has 1 saturated heterocycles. The van der Waals surface area contributed by atoms with Crippen LogP contribution in [-0.4, -0.2) is 60.9 Å². The lowest BCUT2D eigenvalue weighted by atomic mass is 10.1. The zero-order chi connectivity index (χ0) is 16.1. The standard InChI is InChI=1S/C16H23N3O3.ClH/c1-12(17)10-15(20)18-6-8-19(9-7-18)16(21)13-4-3-5-14(11-13)22-2;/h3-5,11-12H,6-10,17H2,1-2H3;1H. The molecule has 1 fully saturated rings. The molecule has 0 bridgehead atoms. The summed E-state index contributed by atoms with van der Waals surface area (Å²) in [5.74, 6) is 0.693. The average Bonchev–Trinajstić information content (AvgIpc) is 2.53. The van der Waals surface area contributed by atoms with Crippen molar-refractivity contribution in [1.29, 1.82) is 0 Å². The number of nitrogens with zero attached hydrogens (tertiary/aromatic N) is 2. The quantitative estimate of drug-likeness (QED) is 0.891. The van der Waals surface area contributed by atoms with Crippen LogP contribution in [0.2, 0.25) is 0 Å². The van der Waals surface area contributed by atoms with Crippen molar-refractivity contribution in [3.8, 4) is 5.75 Å². The van der Waals surface area contributed by atoms with Crippen LogP contribution in [0.5, 0.6) is 5.75 Å². The Hall–Kier alpha value is -1.79. The van der Waals surface area contributed by atoms with E-state index in [0.29, 0.717) is 43.9 Å². The van der Waals surface area contributed by atoms with Crippen molar-refractivity contribution in [2.24, 2.45) is 5.73 Å². The molecule has 128 valence electrons. The summed E-state index contributed by atoms with van der Waals surface area (Å²) >= 11 is 0. The second-order valence-electron chi connectivity index (χ2n) is 5.59. The van der Waals surface area contributed by atoms with Crippen molar-refractivity contribution >= 4 is 24.2 Å². The van der Waals surface area contributed by atoms with Gasteiger partial charge < -0.3 is 20.3 Å². The molecule has 1 atom stereocenters. The molecule has 0 saturated carbocycles. The molecule has 1 aliphatic rings. The van der Waals surface area contributed by atoms with Crippen molar-refractivity contribution in [1.82, 2.24) is 9.80 Å². The van der Waals surface area contributed by atoms with Crippen molar-refractivity contribution in [3.05, 3.63) is 29.8 Å². The molecule has 1 aliphatic heterocycles. The van der Waals surface area contributed by atoms with Gasteiger partial charge in [-0.15, -0.1) is 12.4 Å². The normalized spacial score (nSPS) is 15.6. The molecule has 1 aromatic rings. The van der Waals surface area contributed by atoms with Crippen LogP contribution in [0.4, 0.5) is 0 Å². The molecule has 2 N–H and O–H groups in total. The van der Waals surface area contributed by atoms with Crippen LogP contribution in [0.3, 0.4) is 0 Å². The molecule has 7 heteroatoms. The SMILES string of the molecule is COc1cccc(C(=O)N2CCN(C(=O)CC(C)N)CC2)c1.Cl. The third-order valence-electron chi connectivity index (χ3n) is 3.73. The first-order chi connectivity index (χ1) is 10.5. The van der Waals surface area contributed by atoms with Crippen LogP contribution in [0.1, 0.15) is 23.7 Å². The molecule has 0 aliphatic carbocycles. The van der Waals surface area contributed by atoms with Crippen LogP contribution >= 0.6 is 12.4 Å². The van der Waals surface area contributed by atoms with E-state index in [1.54, 1.807) is 41.2 Å². The third-order valence-corrected chi connectivity index (χ3v) is 3.73. The number of ether oxygens (including phenoxy) is 1. The van der Waals surface area contributed by atoms with Gasteiger partial charge in [0.1, 0.15) is 5.75 Å². The first kappa shape index (κ1) is 19.3. The van der Waals surface area contributed by atoms with Crippen molar-refractivity contribution in [2.75, 3.05) is 33.3 Å². The minimum atomic E-state index is -0.135.